The van der Waals surface area contributed by atoms with Gasteiger partial charge in [-0.15, -0.1) is 0 Å². The number of hydrogen-bond donors (Lipinski definition) is 1. The van der Waals surface area contributed by atoms with Crippen LogP contribution in [0.25, 0.3) is 11.3 Å². The number of anilines is 1. The van der Waals surface area contributed by atoms with E-state index in [1.54, 1.807) is 31.4 Å². The van der Waals surface area contributed by atoms with Crippen LogP contribution in [-0.4, -0.2) is 31.4 Å². The number of nitrogens with zero attached hydrogens (tertiary/aromatic N) is 1. The predicted octanol–water partition coefficient (Wildman–Crippen LogP) is 3.30. The Hall–Kier alpha value is -3.48. The quantitative estimate of drug-likeness (QED) is 0.746. The van der Waals surface area contributed by atoms with Crippen molar-refractivity contribution in [3.63, 3.8) is 0 Å². The maximum atomic E-state index is 12.3. The van der Waals surface area contributed by atoms with Crippen molar-refractivity contribution < 1.29 is 23.5 Å². The minimum absolute atomic E-state index is 0.0991. The smallest absolute Gasteiger partial charge is 0.230 e. The molecule has 0 fully saturated rings. The number of ether oxygens (including phenoxy) is 3. The molecule has 0 spiro atoms. The van der Waals surface area contributed by atoms with E-state index in [0.717, 1.165) is 11.3 Å². The first-order chi connectivity index (χ1) is 13.2. The zero-order valence-corrected chi connectivity index (χ0v) is 14.7. The summed E-state index contributed by atoms with van der Waals surface area (Å²) in [7, 11) is 1.60. The van der Waals surface area contributed by atoms with Crippen molar-refractivity contribution >= 4 is 11.6 Å². The first-order valence-electron chi connectivity index (χ1n) is 8.51. The number of benzene rings is 2. The highest BCUT2D eigenvalue weighted by Gasteiger charge is 2.14. The van der Waals surface area contributed by atoms with Gasteiger partial charge in [-0.3, -0.25) is 4.79 Å². The van der Waals surface area contributed by atoms with Gasteiger partial charge in [-0.2, -0.15) is 0 Å². The van der Waals surface area contributed by atoms with Crippen molar-refractivity contribution in [2.24, 2.45) is 0 Å². The second-order valence-corrected chi connectivity index (χ2v) is 6.00. The van der Waals surface area contributed by atoms with Gasteiger partial charge in [0.05, 0.1) is 19.2 Å². The molecule has 27 heavy (non-hydrogen) atoms. The largest absolute Gasteiger partial charge is 0.497 e. The average Bonchev–Trinajstić information content (AvgIpc) is 3.16. The van der Waals surface area contributed by atoms with Crippen molar-refractivity contribution in [3.8, 4) is 28.6 Å². The number of carbonyl (C=O) groups is 1. The number of nitrogens with one attached hydrogen (secondary N) is 1. The van der Waals surface area contributed by atoms with Crippen LogP contribution in [0.2, 0.25) is 0 Å². The third-order valence-electron chi connectivity index (χ3n) is 4.08. The van der Waals surface area contributed by atoms with Gasteiger partial charge in [-0.1, -0.05) is 17.3 Å². The molecule has 7 heteroatoms. The number of methoxy groups -OCH3 is 1. The summed E-state index contributed by atoms with van der Waals surface area (Å²) < 4.78 is 21.6. The molecule has 1 amide bonds. The fraction of sp³-hybridized carbons (Fsp3) is 0.200. The Morgan fingerprint density at radius 1 is 1.11 bits per heavy atom. The summed E-state index contributed by atoms with van der Waals surface area (Å²) in [5.74, 6) is 2.41. The van der Waals surface area contributed by atoms with Gasteiger partial charge in [0.1, 0.15) is 19.0 Å². The van der Waals surface area contributed by atoms with Gasteiger partial charge in [0.15, 0.2) is 17.3 Å². The van der Waals surface area contributed by atoms with E-state index >= 15 is 0 Å². The molecular formula is C20H18N2O5. The van der Waals surface area contributed by atoms with Crippen LogP contribution in [-0.2, 0) is 11.2 Å². The third-order valence-corrected chi connectivity index (χ3v) is 4.08. The second-order valence-electron chi connectivity index (χ2n) is 6.00. The summed E-state index contributed by atoms with van der Waals surface area (Å²) in [5, 5.41) is 6.81. The molecule has 0 aliphatic carbocycles. The minimum atomic E-state index is -0.197. The van der Waals surface area contributed by atoms with Gasteiger partial charge in [0.2, 0.25) is 5.91 Å². The normalized spacial score (nSPS) is 12.5. The topological polar surface area (TPSA) is 82.8 Å². The lowest BCUT2D eigenvalue weighted by Gasteiger charge is -2.18. The van der Waals surface area contributed by atoms with Crippen LogP contribution < -0.4 is 19.5 Å². The van der Waals surface area contributed by atoms with Gasteiger partial charge in [-0.25, -0.2) is 0 Å². The van der Waals surface area contributed by atoms with E-state index in [1.807, 2.05) is 24.3 Å². The molecule has 0 bridgehead atoms. The molecule has 2 aromatic carbocycles. The summed E-state index contributed by atoms with van der Waals surface area (Å²) in [5.41, 5.74) is 2.02. The number of carbonyl (C=O) groups excluding carboxylic acids is 1. The van der Waals surface area contributed by atoms with E-state index < -0.39 is 0 Å². The molecule has 1 N–H and O–H groups in total. The molecule has 0 radical (unpaired) electrons. The van der Waals surface area contributed by atoms with Gasteiger partial charge < -0.3 is 24.1 Å². The summed E-state index contributed by atoms with van der Waals surface area (Å²) in [6.45, 7) is 1.02. The highest BCUT2D eigenvalue weighted by molar-refractivity contribution is 5.92. The Morgan fingerprint density at radius 3 is 2.81 bits per heavy atom. The van der Waals surface area contributed by atoms with E-state index in [-0.39, 0.29) is 12.3 Å². The number of hydrogen-bond acceptors (Lipinski definition) is 6. The fourth-order valence-corrected chi connectivity index (χ4v) is 2.80. The Balaban J connectivity index is 1.42. The molecule has 0 unspecified atom stereocenters. The molecular weight excluding hydrogens is 348 g/mol. The van der Waals surface area contributed by atoms with Crippen LogP contribution in [0.15, 0.2) is 53.1 Å². The lowest BCUT2D eigenvalue weighted by Crippen LogP contribution is -2.17. The standard InChI is InChI=1S/C20H18N2O5/c1-24-16-4-2-3-13(9-16)18-11-15(22-27-18)12-20(23)21-14-5-6-17-19(10-14)26-8-7-25-17/h2-6,9-11H,7-8,12H2,1H3,(H,21,23). The molecule has 1 aliphatic heterocycles. The molecule has 0 saturated heterocycles. The van der Waals surface area contributed by atoms with E-state index in [1.165, 1.54) is 0 Å². The molecule has 0 saturated carbocycles. The van der Waals surface area contributed by atoms with Gasteiger partial charge in [-0.05, 0) is 24.3 Å². The molecule has 4 rings (SSSR count). The molecule has 2 heterocycles. The molecule has 0 atom stereocenters. The maximum absolute atomic E-state index is 12.3. The highest BCUT2D eigenvalue weighted by atomic mass is 16.6. The van der Waals surface area contributed by atoms with Gasteiger partial charge in [0, 0.05) is 23.4 Å². The first kappa shape index (κ1) is 17.0. The first-order valence-corrected chi connectivity index (χ1v) is 8.51. The van der Waals surface area contributed by atoms with Crippen molar-refractivity contribution in [2.75, 3.05) is 25.6 Å². The van der Waals surface area contributed by atoms with Crippen molar-refractivity contribution in [3.05, 3.63) is 54.2 Å². The van der Waals surface area contributed by atoms with Crippen LogP contribution in [0.4, 0.5) is 5.69 Å². The molecule has 3 aromatic rings. The van der Waals surface area contributed by atoms with Gasteiger partial charge in [0.25, 0.3) is 0 Å². The Bertz CT molecular complexity index is 967. The van der Waals surface area contributed by atoms with Crippen LogP contribution in [0, 0.1) is 0 Å². The number of amides is 1. The maximum Gasteiger partial charge on any atom is 0.230 e. The van der Waals surface area contributed by atoms with Crippen molar-refractivity contribution in [1.82, 2.24) is 5.16 Å². The minimum Gasteiger partial charge on any atom is -0.497 e. The van der Waals surface area contributed by atoms with Crippen LogP contribution in [0.5, 0.6) is 17.2 Å². The second kappa shape index (κ2) is 7.41. The lowest BCUT2D eigenvalue weighted by atomic mass is 10.1. The Morgan fingerprint density at radius 2 is 1.96 bits per heavy atom. The predicted molar refractivity (Wildman–Crippen MR) is 98.3 cm³/mol. The van der Waals surface area contributed by atoms with E-state index in [4.69, 9.17) is 18.7 Å². The monoisotopic (exact) mass is 366 g/mol. The van der Waals surface area contributed by atoms with Crippen LogP contribution in [0.3, 0.4) is 0 Å². The Labute approximate surface area is 155 Å². The van der Waals surface area contributed by atoms with E-state index in [2.05, 4.69) is 10.5 Å². The number of fused-ring (bicyclic) bond motifs is 1. The highest BCUT2D eigenvalue weighted by Crippen LogP contribution is 2.32. The molecule has 1 aliphatic rings. The summed E-state index contributed by atoms with van der Waals surface area (Å²) in [6, 6.07) is 14.5. The van der Waals surface area contributed by atoms with Gasteiger partial charge >= 0.3 is 0 Å². The average molecular weight is 366 g/mol. The Kier molecular flexibility index (Phi) is 4.65. The fourth-order valence-electron chi connectivity index (χ4n) is 2.80. The lowest BCUT2D eigenvalue weighted by molar-refractivity contribution is -0.115. The SMILES string of the molecule is COc1cccc(-c2cc(CC(=O)Nc3ccc4c(c3)OCCO4)no2)c1. The molecule has 1 aromatic heterocycles. The number of rotatable bonds is 5. The van der Waals surface area contributed by atoms with Crippen molar-refractivity contribution in [1.29, 1.82) is 0 Å². The molecule has 138 valence electrons. The van der Waals surface area contributed by atoms with E-state index in [9.17, 15) is 4.79 Å². The summed E-state index contributed by atoms with van der Waals surface area (Å²) >= 11 is 0. The summed E-state index contributed by atoms with van der Waals surface area (Å²) in [4.78, 5) is 12.3. The third kappa shape index (κ3) is 3.87. The van der Waals surface area contributed by atoms with Crippen molar-refractivity contribution in [2.45, 2.75) is 6.42 Å². The zero-order valence-electron chi connectivity index (χ0n) is 14.7. The van der Waals surface area contributed by atoms with E-state index in [0.29, 0.717) is 41.9 Å². The zero-order chi connectivity index (χ0) is 18.6. The van der Waals surface area contributed by atoms with Crippen LogP contribution >= 0.6 is 0 Å². The molecule has 7 nitrogen and oxygen atoms in total. The number of aromatic nitrogens is 1. The summed E-state index contributed by atoms with van der Waals surface area (Å²) in [6.07, 6.45) is 0.0991. The van der Waals surface area contributed by atoms with Crippen LogP contribution in [0.1, 0.15) is 5.69 Å².